The molecule has 27 heavy (non-hydrogen) atoms. The molecule has 4 heterocycles. The minimum absolute atomic E-state index is 0.0290. The van der Waals surface area contributed by atoms with Crippen LogP contribution in [0.4, 0.5) is 5.82 Å². The quantitative estimate of drug-likeness (QED) is 0.736. The van der Waals surface area contributed by atoms with Crippen molar-refractivity contribution in [3.05, 3.63) is 40.9 Å². The van der Waals surface area contributed by atoms with Gasteiger partial charge in [0.2, 0.25) is 5.91 Å². The number of carbonyl (C=O) groups excluding carboxylic acids is 1. The van der Waals surface area contributed by atoms with Crippen LogP contribution in [0, 0.1) is 19.8 Å². The Kier molecular flexibility index (Phi) is 4.86. The van der Waals surface area contributed by atoms with Gasteiger partial charge in [-0.25, -0.2) is 9.97 Å². The molecule has 6 nitrogen and oxygen atoms in total. The first-order valence-corrected chi connectivity index (χ1v) is 10.2. The Bertz CT molecular complexity index is 942. The smallest absolute Gasteiger partial charge is 0.223 e. The highest BCUT2D eigenvalue weighted by atomic mass is 32.1. The van der Waals surface area contributed by atoms with Crippen molar-refractivity contribution in [3.63, 3.8) is 0 Å². The van der Waals surface area contributed by atoms with Gasteiger partial charge in [0.15, 0.2) is 0 Å². The first-order valence-electron chi connectivity index (χ1n) is 9.34. The molecule has 0 aliphatic carbocycles. The van der Waals surface area contributed by atoms with Gasteiger partial charge in [-0.3, -0.25) is 4.79 Å². The summed E-state index contributed by atoms with van der Waals surface area (Å²) in [6, 6.07) is 3.62. The van der Waals surface area contributed by atoms with Crippen molar-refractivity contribution in [1.29, 1.82) is 0 Å². The number of hydrogen-bond donors (Lipinski definition) is 1. The standard InChI is InChI=1S/C20H24N4O2S/c1-12-14(3)27-20-17(12)18(21-11-22-20)24-8-6-15(7-9-24)19(25)23-13(2)16-5-4-10-26-16/h4-5,10-11,13,15H,6-9H2,1-3H3,(H,23,25)/t13-/m1/s1. The summed E-state index contributed by atoms with van der Waals surface area (Å²) in [6.45, 7) is 7.87. The maximum absolute atomic E-state index is 12.6. The Hall–Kier alpha value is -2.41. The number of fused-ring (bicyclic) bond motifs is 1. The number of rotatable bonds is 4. The van der Waals surface area contributed by atoms with Gasteiger partial charge in [0.25, 0.3) is 0 Å². The van der Waals surface area contributed by atoms with Crippen molar-refractivity contribution in [2.75, 3.05) is 18.0 Å². The number of hydrogen-bond acceptors (Lipinski definition) is 6. The summed E-state index contributed by atoms with van der Waals surface area (Å²) in [5, 5.41) is 4.23. The van der Waals surface area contributed by atoms with E-state index in [1.807, 2.05) is 19.1 Å². The van der Waals surface area contributed by atoms with Gasteiger partial charge in [-0.15, -0.1) is 11.3 Å². The molecule has 0 saturated carbocycles. The Morgan fingerprint density at radius 2 is 2.11 bits per heavy atom. The van der Waals surface area contributed by atoms with Crippen molar-refractivity contribution < 1.29 is 9.21 Å². The first kappa shape index (κ1) is 18.0. The third-order valence-electron chi connectivity index (χ3n) is 5.44. The van der Waals surface area contributed by atoms with Crippen LogP contribution in [0.15, 0.2) is 29.1 Å². The molecule has 0 radical (unpaired) electrons. The van der Waals surface area contributed by atoms with Crippen LogP contribution in [0.5, 0.6) is 0 Å². The van der Waals surface area contributed by atoms with Crippen molar-refractivity contribution >= 4 is 33.3 Å². The van der Waals surface area contributed by atoms with E-state index in [4.69, 9.17) is 4.42 Å². The lowest BCUT2D eigenvalue weighted by Gasteiger charge is -2.33. The number of thiophene rings is 1. The molecule has 1 atom stereocenters. The van der Waals surface area contributed by atoms with E-state index < -0.39 is 0 Å². The molecule has 1 fully saturated rings. The third kappa shape index (κ3) is 3.43. The molecule has 0 aromatic carbocycles. The second kappa shape index (κ2) is 7.31. The van der Waals surface area contributed by atoms with Crippen molar-refractivity contribution in [3.8, 4) is 0 Å². The van der Waals surface area contributed by atoms with Gasteiger partial charge in [-0.2, -0.15) is 0 Å². The van der Waals surface area contributed by atoms with Gasteiger partial charge in [0.1, 0.15) is 22.7 Å². The van der Waals surface area contributed by atoms with Crippen molar-refractivity contribution in [2.45, 2.75) is 39.7 Å². The summed E-state index contributed by atoms with van der Waals surface area (Å²) < 4.78 is 5.38. The molecule has 1 saturated heterocycles. The zero-order valence-electron chi connectivity index (χ0n) is 15.9. The highest BCUT2D eigenvalue weighted by Crippen LogP contribution is 2.35. The summed E-state index contributed by atoms with van der Waals surface area (Å²) >= 11 is 1.72. The van der Waals surface area contributed by atoms with Gasteiger partial charge in [0, 0.05) is 23.9 Å². The highest BCUT2D eigenvalue weighted by Gasteiger charge is 2.28. The maximum atomic E-state index is 12.6. The lowest BCUT2D eigenvalue weighted by atomic mass is 9.95. The van der Waals surface area contributed by atoms with Gasteiger partial charge in [-0.05, 0) is 51.3 Å². The van der Waals surface area contributed by atoms with E-state index in [1.165, 1.54) is 10.4 Å². The Labute approximate surface area is 162 Å². The molecule has 4 rings (SSSR count). The summed E-state index contributed by atoms with van der Waals surface area (Å²) in [5.41, 5.74) is 1.26. The van der Waals surface area contributed by atoms with E-state index in [-0.39, 0.29) is 17.9 Å². The van der Waals surface area contributed by atoms with Crippen LogP contribution in [-0.4, -0.2) is 29.0 Å². The van der Waals surface area contributed by atoms with Crippen LogP contribution >= 0.6 is 11.3 Å². The Morgan fingerprint density at radius 3 is 2.81 bits per heavy atom. The summed E-state index contributed by atoms with van der Waals surface area (Å²) in [7, 11) is 0. The molecule has 1 N–H and O–H groups in total. The highest BCUT2D eigenvalue weighted by molar-refractivity contribution is 7.18. The number of piperidine rings is 1. The number of carbonyl (C=O) groups is 1. The number of amides is 1. The molecule has 3 aromatic rings. The number of furan rings is 1. The molecule has 0 bridgehead atoms. The van der Waals surface area contributed by atoms with Crippen LogP contribution in [-0.2, 0) is 4.79 Å². The average molecular weight is 385 g/mol. The second-order valence-corrected chi connectivity index (χ2v) is 8.37. The van der Waals surface area contributed by atoms with Crippen LogP contribution in [0.3, 0.4) is 0 Å². The average Bonchev–Trinajstić information content (AvgIpc) is 3.31. The summed E-state index contributed by atoms with van der Waals surface area (Å²) in [5.74, 6) is 1.92. The minimum atomic E-state index is -0.108. The summed E-state index contributed by atoms with van der Waals surface area (Å²) in [4.78, 5) is 26.2. The minimum Gasteiger partial charge on any atom is -0.467 e. The molecule has 142 valence electrons. The number of anilines is 1. The fourth-order valence-corrected chi connectivity index (χ4v) is 4.69. The number of aryl methyl sites for hydroxylation is 2. The van der Waals surface area contributed by atoms with Crippen LogP contribution in [0.1, 0.15) is 42.0 Å². The van der Waals surface area contributed by atoms with E-state index >= 15 is 0 Å². The molecular weight excluding hydrogens is 360 g/mol. The zero-order chi connectivity index (χ0) is 19.0. The number of aromatic nitrogens is 2. The number of nitrogens with one attached hydrogen (secondary N) is 1. The second-order valence-electron chi connectivity index (χ2n) is 7.17. The largest absolute Gasteiger partial charge is 0.467 e. The molecule has 0 spiro atoms. The van der Waals surface area contributed by atoms with E-state index in [0.717, 1.165) is 47.7 Å². The predicted molar refractivity (Wildman–Crippen MR) is 107 cm³/mol. The monoisotopic (exact) mass is 384 g/mol. The topological polar surface area (TPSA) is 71.3 Å². The zero-order valence-corrected chi connectivity index (χ0v) is 16.7. The van der Waals surface area contributed by atoms with Gasteiger partial charge in [0.05, 0.1) is 17.7 Å². The molecule has 0 unspecified atom stereocenters. The fourth-order valence-electron chi connectivity index (χ4n) is 3.70. The first-order chi connectivity index (χ1) is 13.0. The molecule has 3 aromatic heterocycles. The van der Waals surface area contributed by atoms with Gasteiger partial charge >= 0.3 is 0 Å². The van der Waals surface area contributed by atoms with E-state index in [9.17, 15) is 4.79 Å². The fraction of sp³-hybridized carbons (Fsp3) is 0.450. The summed E-state index contributed by atoms with van der Waals surface area (Å²) in [6.07, 6.45) is 4.93. The van der Waals surface area contributed by atoms with Crippen LogP contribution < -0.4 is 10.2 Å². The molecule has 7 heteroatoms. The molecule has 1 amide bonds. The SMILES string of the molecule is Cc1sc2ncnc(N3CCC(C(=O)N[C@H](C)c4ccco4)CC3)c2c1C. The lowest BCUT2D eigenvalue weighted by Crippen LogP contribution is -2.41. The normalized spacial score (nSPS) is 16.6. The van der Waals surface area contributed by atoms with Crippen molar-refractivity contribution in [2.24, 2.45) is 5.92 Å². The molecule has 1 aliphatic heterocycles. The Morgan fingerprint density at radius 1 is 1.33 bits per heavy atom. The van der Waals surface area contributed by atoms with Crippen molar-refractivity contribution in [1.82, 2.24) is 15.3 Å². The van der Waals surface area contributed by atoms with Crippen LogP contribution in [0.25, 0.3) is 10.2 Å². The maximum Gasteiger partial charge on any atom is 0.223 e. The van der Waals surface area contributed by atoms with Gasteiger partial charge < -0.3 is 14.6 Å². The predicted octanol–water partition coefficient (Wildman–Crippen LogP) is 3.99. The third-order valence-corrected chi connectivity index (χ3v) is 6.55. The lowest BCUT2D eigenvalue weighted by molar-refractivity contribution is -0.126. The van der Waals surface area contributed by atoms with Crippen LogP contribution in [0.2, 0.25) is 0 Å². The van der Waals surface area contributed by atoms with E-state index in [2.05, 4.69) is 34.0 Å². The number of nitrogens with zero attached hydrogens (tertiary/aromatic N) is 3. The van der Waals surface area contributed by atoms with E-state index in [1.54, 1.807) is 23.9 Å². The Balaban J connectivity index is 1.43. The van der Waals surface area contributed by atoms with Gasteiger partial charge in [-0.1, -0.05) is 0 Å². The van der Waals surface area contributed by atoms with E-state index in [0.29, 0.717) is 0 Å². The molecule has 1 aliphatic rings. The molecular formula is C20H24N4O2S.